The fourth-order valence-corrected chi connectivity index (χ4v) is 7.07. The number of aromatic nitrogens is 2. The van der Waals surface area contributed by atoms with Crippen LogP contribution in [0.15, 0.2) is 4.79 Å². The summed E-state index contributed by atoms with van der Waals surface area (Å²) in [4.78, 5) is 36.0. The molecule has 0 bridgehead atoms. The maximum absolute atomic E-state index is 14.1. The second-order valence-corrected chi connectivity index (χ2v) is 15.7. The molecule has 1 amide bonds. The molecule has 262 valence electrons. The summed E-state index contributed by atoms with van der Waals surface area (Å²) in [6.07, 6.45) is 11.9. The summed E-state index contributed by atoms with van der Waals surface area (Å²) in [5.74, 6) is 0.137. The van der Waals surface area contributed by atoms with Crippen molar-refractivity contribution < 1.29 is 9.90 Å². The molecule has 2 unspecified atom stereocenters. The van der Waals surface area contributed by atoms with Crippen molar-refractivity contribution in [2.45, 2.75) is 132 Å². The van der Waals surface area contributed by atoms with E-state index in [1.165, 1.54) is 45.6 Å². The standard InChI is InChI=1S/C38H61N5O3S/c1-13-18-20-27(15-3)24-42(25-28(16-4)21-19-14-2)36-40-32(38(10,11)17-5)31(47-36)22-29-26(6)30(23-39)34(45)43(33(29)44)41(12)35(46)37(7,8)9/h22,27-28,45H,6,13-21,24-25H2,1-5,7-12H3/b29-22-. The molecular weight excluding hydrogens is 607 g/mol. The third kappa shape index (κ3) is 9.72. The van der Waals surface area contributed by atoms with Gasteiger partial charge >= 0.3 is 0 Å². The molecule has 2 aromatic rings. The molecule has 2 atom stereocenters. The van der Waals surface area contributed by atoms with E-state index in [1.807, 2.05) is 6.07 Å². The van der Waals surface area contributed by atoms with Gasteiger partial charge < -0.3 is 10.0 Å². The van der Waals surface area contributed by atoms with Gasteiger partial charge in [0.1, 0.15) is 11.6 Å². The van der Waals surface area contributed by atoms with E-state index in [0.29, 0.717) is 11.8 Å². The van der Waals surface area contributed by atoms with E-state index >= 15 is 0 Å². The number of nitriles is 1. The van der Waals surface area contributed by atoms with Gasteiger partial charge in [0, 0.05) is 36.2 Å². The highest BCUT2D eigenvalue weighted by atomic mass is 32.1. The number of hydrogen-bond acceptors (Lipinski definition) is 7. The Hall–Kier alpha value is -3.12. The molecule has 0 saturated heterocycles. The molecular formula is C38H61N5O3S. The average Bonchev–Trinajstić information content (AvgIpc) is 3.46. The molecule has 2 aromatic heterocycles. The number of thiazole rings is 1. The van der Waals surface area contributed by atoms with E-state index < -0.39 is 16.9 Å². The molecule has 2 rings (SSSR count). The summed E-state index contributed by atoms with van der Waals surface area (Å²) in [6, 6.07) is 2.01. The highest BCUT2D eigenvalue weighted by Crippen LogP contribution is 2.37. The Labute approximate surface area is 287 Å². The van der Waals surface area contributed by atoms with E-state index in [-0.39, 0.29) is 27.3 Å². The maximum Gasteiger partial charge on any atom is 0.280 e. The molecule has 0 aliphatic rings. The van der Waals surface area contributed by atoms with Gasteiger partial charge in [-0.25, -0.2) is 9.99 Å². The van der Waals surface area contributed by atoms with Crippen LogP contribution in [-0.2, 0) is 10.2 Å². The summed E-state index contributed by atoms with van der Waals surface area (Å²) >= 11 is 1.57. The van der Waals surface area contributed by atoms with Crippen LogP contribution in [0.3, 0.4) is 0 Å². The Balaban J connectivity index is 2.93. The quantitative estimate of drug-likeness (QED) is 0.192. The monoisotopic (exact) mass is 667 g/mol. The van der Waals surface area contributed by atoms with Crippen LogP contribution in [0.25, 0.3) is 12.7 Å². The van der Waals surface area contributed by atoms with Crippen LogP contribution in [0.2, 0.25) is 0 Å². The average molecular weight is 668 g/mol. The zero-order chi connectivity index (χ0) is 35.7. The van der Waals surface area contributed by atoms with Crippen molar-refractivity contribution >= 4 is 35.0 Å². The number of rotatable bonds is 17. The summed E-state index contributed by atoms with van der Waals surface area (Å²) in [5, 5.41) is 23.4. The van der Waals surface area contributed by atoms with Crippen LogP contribution in [0, 0.1) is 28.6 Å². The van der Waals surface area contributed by atoms with E-state index in [1.54, 1.807) is 38.2 Å². The number of anilines is 1. The molecule has 2 heterocycles. The lowest BCUT2D eigenvalue weighted by atomic mass is 9.85. The summed E-state index contributed by atoms with van der Waals surface area (Å²) in [6.45, 7) is 26.6. The Morgan fingerprint density at radius 2 is 1.57 bits per heavy atom. The van der Waals surface area contributed by atoms with Gasteiger partial charge in [-0.05, 0) is 37.2 Å². The molecule has 0 aliphatic heterocycles. The molecule has 0 aromatic carbocycles. The van der Waals surface area contributed by atoms with Gasteiger partial charge in [0.15, 0.2) is 5.13 Å². The third-order valence-corrected chi connectivity index (χ3v) is 10.6. The van der Waals surface area contributed by atoms with E-state index in [0.717, 1.165) is 57.7 Å². The van der Waals surface area contributed by atoms with Crippen molar-refractivity contribution in [1.82, 2.24) is 9.66 Å². The number of unbranched alkanes of at least 4 members (excludes halogenated alkanes) is 2. The first kappa shape index (κ1) is 40.1. The van der Waals surface area contributed by atoms with Crippen LogP contribution < -0.4 is 25.9 Å². The predicted octanol–water partition coefficient (Wildman–Crippen LogP) is 7.19. The fraction of sp³-hybridized carbons (Fsp3) is 0.684. The molecule has 1 N–H and O–H groups in total. The Morgan fingerprint density at radius 3 is 2.00 bits per heavy atom. The summed E-state index contributed by atoms with van der Waals surface area (Å²) in [5.41, 5.74) is -0.982. The minimum Gasteiger partial charge on any atom is -0.492 e. The smallest absolute Gasteiger partial charge is 0.280 e. The van der Waals surface area contributed by atoms with Crippen molar-refractivity contribution in [2.24, 2.45) is 17.3 Å². The first-order valence-electron chi connectivity index (χ1n) is 17.7. The maximum atomic E-state index is 14.1. The van der Waals surface area contributed by atoms with Crippen molar-refractivity contribution in [3.63, 3.8) is 0 Å². The Kier molecular flexibility index (Phi) is 14.8. The molecule has 0 aliphatic carbocycles. The first-order valence-corrected chi connectivity index (χ1v) is 18.5. The number of nitrogens with zero attached hydrogens (tertiary/aromatic N) is 5. The van der Waals surface area contributed by atoms with Crippen LogP contribution in [-0.4, -0.2) is 40.8 Å². The number of aromatic hydroxyl groups is 1. The lowest BCUT2D eigenvalue weighted by molar-refractivity contribution is -0.127. The molecule has 9 heteroatoms. The molecule has 0 saturated carbocycles. The van der Waals surface area contributed by atoms with Gasteiger partial charge in [-0.3, -0.25) is 9.59 Å². The molecule has 8 nitrogen and oxygen atoms in total. The molecule has 0 radical (unpaired) electrons. The van der Waals surface area contributed by atoms with Gasteiger partial charge in [-0.1, -0.05) is 126 Å². The minimum absolute atomic E-state index is 0.131. The van der Waals surface area contributed by atoms with Crippen molar-refractivity contribution in [3.8, 4) is 11.9 Å². The van der Waals surface area contributed by atoms with E-state index in [9.17, 15) is 20.0 Å². The summed E-state index contributed by atoms with van der Waals surface area (Å²) in [7, 11) is 1.43. The van der Waals surface area contributed by atoms with Gasteiger partial charge in [0.25, 0.3) is 5.56 Å². The van der Waals surface area contributed by atoms with E-state index in [2.05, 4.69) is 59.9 Å². The van der Waals surface area contributed by atoms with Crippen LogP contribution >= 0.6 is 11.3 Å². The third-order valence-electron chi connectivity index (χ3n) is 9.58. The van der Waals surface area contributed by atoms with Gasteiger partial charge in [-0.15, -0.1) is 0 Å². The van der Waals surface area contributed by atoms with Gasteiger partial charge in [-0.2, -0.15) is 9.94 Å². The second-order valence-electron chi connectivity index (χ2n) is 14.7. The van der Waals surface area contributed by atoms with Crippen LogP contribution in [0.1, 0.15) is 143 Å². The molecule has 0 spiro atoms. The SMILES string of the molecule is C=c1c(C#N)c(O)n(N(C)C(=O)C(C)(C)C)c(=O)/c1=C\c1sc(N(CC(CC)CCCC)CC(CC)CCCC)nc1C(C)(C)CC. The number of amides is 1. The lowest BCUT2D eigenvalue weighted by Gasteiger charge is -2.30. The zero-order valence-corrected chi connectivity index (χ0v) is 31.9. The van der Waals surface area contributed by atoms with Crippen LogP contribution in [0.4, 0.5) is 5.13 Å². The largest absolute Gasteiger partial charge is 0.492 e. The van der Waals surface area contributed by atoms with Crippen molar-refractivity contribution in [1.29, 1.82) is 5.26 Å². The fourth-order valence-electron chi connectivity index (χ4n) is 5.86. The second kappa shape index (κ2) is 17.3. The highest BCUT2D eigenvalue weighted by Gasteiger charge is 2.31. The number of pyridine rings is 1. The first-order chi connectivity index (χ1) is 22.0. The van der Waals surface area contributed by atoms with E-state index in [4.69, 9.17) is 4.98 Å². The van der Waals surface area contributed by atoms with Gasteiger partial charge in [0.2, 0.25) is 11.8 Å². The minimum atomic E-state index is -0.824. The van der Waals surface area contributed by atoms with Crippen LogP contribution in [0.5, 0.6) is 5.88 Å². The zero-order valence-electron chi connectivity index (χ0n) is 31.1. The normalized spacial score (nSPS) is 13.8. The number of hydrogen-bond donors (Lipinski definition) is 1. The van der Waals surface area contributed by atoms with Crippen molar-refractivity contribution in [2.75, 3.05) is 30.0 Å². The topological polar surface area (TPSA) is 102 Å². The Morgan fingerprint density at radius 1 is 1.04 bits per heavy atom. The molecule has 0 fully saturated rings. The lowest BCUT2D eigenvalue weighted by Crippen LogP contribution is -2.55. The number of carbonyl (C=O) groups excluding carboxylic acids is 1. The Bertz CT molecular complexity index is 1540. The highest BCUT2D eigenvalue weighted by molar-refractivity contribution is 7.16. The predicted molar refractivity (Wildman–Crippen MR) is 198 cm³/mol. The van der Waals surface area contributed by atoms with Gasteiger partial charge in [0.05, 0.1) is 15.8 Å². The molecule has 47 heavy (non-hydrogen) atoms. The van der Waals surface area contributed by atoms with Crippen molar-refractivity contribution in [3.05, 3.63) is 36.9 Å². The summed E-state index contributed by atoms with van der Waals surface area (Å²) < 4.78 is 0.894. The number of carbonyl (C=O) groups is 1.